The fraction of sp³-hybridized carbons (Fsp3) is 0.0833. The second kappa shape index (κ2) is 11.3. The first kappa shape index (κ1) is 29.4. The van der Waals surface area contributed by atoms with Crippen LogP contribution in [0.5, 0.6) is 0 Å². The number of nitrogens with zero attached hydrogens (tertiary/aromatic N) is 2. The summed E-state index contributed by atoms with van der Waals surface area (Å²) in [5.74, 6) is 1.86. The molecule has 5 aromatic carbocycles. The summed E-state index contributed by atoms with van der Waals surface area (Å²) in [6.45, 7) is 4.27. The molecule has 240 valence electrons. The molecule has 0 bridgehead atoms. The lowest BCUT2D eigenvalue weighted by molar-refractivity contribution is 0.772. The zero-order valence-corrected chi connectivity index (χ0v) is 28.0. The lowest BCUT2D eigenvalue weighted by Gasteiger charge is -2.32. The standard InChI is InChI=1S/C48H33N3/c1-2-36-37-18-9-10-19-40(37)48(41(36)24-25-49)42-23-21-34-27-39(34)46(42)38-22-20-33(28-43(38)48)32-16-11-17-35(26-32)45-29-44(30-12-5-3-6-13-30)50-47(51-45)31-14-7-4-8-15-31/h2-9,11-18,20-26,28-29,34,39H,1,27,49H2/b25-24-. The Bertz CT molecular complexity index is 2480. The van der Waals surface area contributed by atoms with Crippen molar-refractivity contribution in [1.29, 1.82) is 0 Å². The van der Waals surface area contributed by atoms with E-state index in [2.05, 4.69) is 116 Å². The highest BCUT2D eigenvalue weighted by Gasteiger charge is 2.57. The van der Waals surface area contributed by atoms with Gasteiger partial charge in [-0.05, 0) is 111 Å². The molecule has 1 saturated carbocycles. The monoisotopic (exact) mass is 651 g/mol. The average Bonchev–Trinajstić information content (AvgIpc) is 3.87. The van der Waals surface area contributed by atoms with Crippen LogP contribution in [0.3, 0.4) is 0 Å². The fourth-order valence-corrected chi connectivity index (χ4v) is 8.76. The molecule has 3 unspecified atom stereocenters. The maximum Gasteiger partial charge on any atom is 0.160 e. The largest absolute Gasteiger partial charge is 0.405 e. The highest BCUT2D eigenvalue weighted by molar-refractivity contribution is 6.00. The van der Waals surface area contributed by atoms with E-state index in [4.69, 9.17) is 15.7 Å². The molecule has 1 aromatic heterocycles. The number of nitrogens with two attached hydrogens (primary N) is 1. The van der Waals surface area contributed by atoms with Crippen LogP contribution in [-0.4, -0.2) is 9.97 Å². The maximum absolute atomic E-state index is 6.21. The van der Waals surface area contributed by atoms with Crippen molar-refractivity contribution in [1.82, 2.24) is 9.97 Å². The minimum absolute atomic E-state index is 0.541. The molecular weight excluding hydrogens is 619 g/mol. The van der Waals surface area contributed by atoms with Crippen molar-refractivity contribution in [3.05, 3.63) is 204 Å². The fourth-order valence-electron chi connectivity index (χ4n) is 8.76. The van der Waals surface area contributed by atoms with Crippen LogP contribution in [0, 0.1) is 24.0 Å². The van der Waals surface area contributed by atoms with E-state index < -0.39 is 5.41 Å². The van der Waals surface area contributed by atoms with E-state index in [0.717, 1.165) is 61.5 Å². The van der Waals surface area contributed by atoms with E-state index in [1.807, 2.05) is 48.5 Å². The Balaban J connectivity index is 1.15. The van der Waals surface area contributed by atoms with E-state index in [1.165, 1.54) is 28.7 Å². The molecule has 51 heavy (non-hydrogen) atoms. The number of hydrogen-bond acceptors (Lipinski definition) is 3. The van der Waals surface area contributed by atoms with Gasteiger partial charge in [0.05, 0.1) is 16.8 Å². The van der Waals surface area contributed by atoms with Gasteiger partial charge in [0.25, 0.3) is 0 Å². The van der Waals surface area contributed by atoms with Crippen molar-refractivity contribution in [2.75, 3.05) is 0 Å². The second-order valence-electron chi connectivity index (χ2n) is 13.8. The normalized spacial score (nSPS) is 20.6. The Morgan fingerprint density at radius 1 is 0.745 bits per heavy atom. The first-order chi connectivity index (χ1) is 25.2. The highest BCUT2D eigenvalue weighted by Crippen LogP contribution is 2.67. The molecule has 4 aliphatic carbocycles. The average molecular weight is 652 g/mol. The van der Waals surface area contributed by atoms with Crippen LogP contribution in [0.15, 0.2) is 170 Å². The van der Waals surface area contributed by atoms with E-state index in [0.29, 0.717) is 17.7 Å². The molecule has 0 saturated heterocycles. The lowest BCUT2D eigenvalue weighted by Crippen LogP contribution is -2.28. The second-order valence-corrected chi connectivity index (χ2v) is 13.8. The molecule has 1 fully saturated rings. The van der Waals surface area contributed by atoms with E-state index in [-0.39, 0.29) is 0 Å². The van der Waals surface area contributed by atoms with E-state index >= 15 is 0 Å². The van der Waals surface area contributed by atoms with Crippen molar-refractivity contribution in [3.63, 3.8) is 0 Å². The Labute approximate surface area is 298 Å². The third kappa shape index (κ3) is 4.33. The van der Waals surface area contributed by atoms with Gasteiger partial charge in [-0.1, -0.05) is 128 Å². The van der Waals surface area contributed by atoms with Gasteiger partial charge in [-0.3, -0.25) is 0 Å². The number of benzene rings is 4. The molecule has 10 rings (SSSR count). The SMILES string of the molecule is C=CC1=C(/C=C\N)C2(C3=C(c4ccc(-c5cccc(-c6cc(-c7ccccc7)nc(-c7ccccc7)n6)c5)cc42)C2CC2C=C3)c2c#cccc21. The Morgan fingerprint density at radius 2 is 1.47 bits per heavy atom. The summed E-state index contributed by atoms with van der Waals surface area (Å²) in [5, 5.41) is 0. The van der Waals surface area contributed by atoms with Gasteiger partial charge in [-0.15, -0.1) is 0 Å². The number of aromatic nitrogens is 2. The van der Waals surface area contributed by atoms with Gasteiger partial charge in [0.15, 0.2) is 5.82 Å². The smallest absolute Gasteiger partial charge is 0.160 e. The summed E-state index contributed by atoms with van der Waals surface area (Å²) in [4.78, 5) is 10.1. The van der Waals surface area contributed by atoms with Gasteiger partial charge in [0.1, 0.15) is 0 Å². The topological polar surface area (TPSA) is 51.8 Å². The van der Waals surface area contributed by atoms with Crippen LogP contribution in [0.2, 0.25) is 0 Å². The zero-order chi connectivity index (χ0) is 34.1. The van der Waals surface area contributed by atoms with Crippen molar-refractivity contribution in [2.24, 2.45) is 17.6 Å². The van der Waals surface area contributed by atoms with Crippen LogP contribution in [0.25, 0.3) is 56.2 Å². The number of hydrogen-bond donors (Lipinski definition) is 1. The van der Waals surface area contributed by atoms with Gasteiger partial charge in [0, 0.05) is 22.3 Å². The number of rotatable bonds is 6. The molecule has 1 heterocycles. The molecule has 0 aliphatic heterocycles. The summed E-state index contributed by atoms with van der Waals surface area (Å²) >= 11 is 0. The highest BCUT2D eigenvalue weighted by atomic mass is 14.9. The van der Waals surface area contributed by atoms with E-state index in [9.17, 15) is 0 Å². The summed E-state index contributed by atoms with van der Waals surface area (Å²) < 4.78 is 0. The molecule has 0 amide bonds. The summed E-state index contributed by atoms with van der Waals surface area (Å²) in [6.07, 6.45) is 11.7. The summed E-state index contributed by atoms with van der Waals surface area (Å²) in [7, 11) is 0. The predicted octanol–water partition coefficient (Wildman–Crippen LogP) is 10.4. The molecule has 0 radical (unpaired) electrons. The summed E-state index contributed by atoms with van der Waals surface area (Å²) in [5.41, 5.74) is 22.7. The number of fused-ring (bicyclic) bond motifs is 8. The van der Waals surface area contributed by atoms with Crippen molar-refractivity contribution in [2.45, 2.75) is 11.8 Å². The molecule has 2 N–H and O–H groups in total. The van der Waals surface area contributed by atoms with Crippen molar-refractivity contribution in [3.8, 4) is 45.0 Å². The number of allylic oxidation sites excluding steroid dienone is 8. The first-order valence-electron chi connectivity index (χ1n) is 17.6. The van der Waals surface area contributed by atoms with Crippen LogP contribution >= 0.6 is 0 Å². The van der Waals surface area contributed by atoms with Crippen LogP contribution < -0.4 is 5.73 Å². The maximum atomic E-state index is 6.21. The molecular formula is C48H33N3. The minimum Gasteiger partial charge on any atom is -0.405 e. The lowest BCUT2D eigenvalue weighted by atomic mass is 9.68. The molecule has 3 nitrogen and oxygen atoms in total. The van der Waals surface area contributed by atoms with Crippen molar-refractivity contribution >= 4 is 11.1 Å². The molecule has 3 atom stereocenters. The van der Waals surface area contributed by atoms with Crippen molar-refractivity contribution < 1.29 is 0 Å². The van der Waals surface area contributed by atoms with Gasteiger partial charge < -0.3 is 5.73 Å². The summed E-state index contributed by atoms with van der Waals surface area (Å²) in [6, 6.07) is 49.4. The quantitative estimate of drug-likeness (QED) is 0.195. The zero-order valence-electron chi connectivity index (χ0n) is 28.0. The van der Waals surface area contributed by atoms with Gasteiger partial charge >= 0.3 is 0 Å². The minimum atomic E-state index is -0.545. The Kier molecular flexibility index (Phi) is 6.50. The predicted molar refractivity (Wildman–Crippen MR) is 207 cm³/mol. The first-order valence-corrected chi connectivity index (χ1v) is 17.6. The Hall–Kier alpha value is -6.50. The Morgan fingerprint density at radius 3 is 2.25 bits per heavy atom. The van der Waals surface area contributed by atoms with Gasteiger partial charge in [-0.2, -0.15) is 0 Å². The van der Waals surface area contributed by atoms with E-state index in [1.54, 1.807) is 6.20 Å². The van der Waals surface area contributed by atoms with Gasteiger partial charge in [0.2, 0.25) is 0 Å². The third-order valence-electron chi connectivity index (χ3n) is 11.1. The molecule has 1 spiro atoms. The van der Waals surface area contributed by atoms with Crippen LogP contribution in [0.1, 0.15) is 28.7 Å². The van der Waals surface area contributed by atoms with Gasteiger partial charge in [-0.25, -0.2) is 9.97 Å². The molecule has 6 aromatic rings. The van der Waals surface area contributed by atoms with Crippen LogP contribution in [-0.2, 0) is 5.41 Å². The van der Waals surface area contributed by atoms with Crippen LogP contribution in [0.4, 0.5) is 0 Å². The third-order valence-corrected chi connectivity index (χ3v) is 11.1. The molecule has 4 aliphatic rings. The molecule has 3 heteroatoms.